The molecule has 0 aliphatic heterocycles. The summed E-state index contributed by atoms with van der Waals surface area (Å²) >= 11 is 0. The normalized spacial score (nSPS) is 9.64. The highest BCUT2D eigenvalue weighted by Crippen LogP contribution is 1.89. The number of nitrogens with zero attached hydrogens (tertiary/aromatic N) is 3. The van der Waals surface area contributed by atoms with Gasteiger partial charge in [0.05, 0.1) is 12.3 Å². The lowest BCUT2D eigenvalue weighted by atomic mass is 10.3. The predicted molar refractivity (Wildman–Crippen MR) is 50.2 cm³/mol. The summed E-state index contributed by atoms with van der Waals surface area (Å²) in [5, 5.41) is 11.8. The molecule has 0 radical (unpaired) electrons. The fourth-order valence-electron chi connectivity index (χ4n) is 0.742. The maximum atomic E-state index is 10.8. The highest BCUT2D eigenvalue weighted by molar-refractivity contribution is 5.82. The average Bonchev–Trinajstić information content (AvgIpc) is 2.20. The number of amides is 1. The van der Waals surface area contributed by atoms with Gasteiger partial charge in [0.15, 0.2) is 0 Å². The van der Waals surface area contributed by atoms with E-state index in [9.17, 15) is 4.79 Å². The summed E-state index contributed by atoms with van der Waals surface area (Å²) in [7, 11) is 0. The third-order valence-electron chi connectivity index (χ3n) is 1.33. The van der Waals surface area contributed by atoms with Crippen LogP contribution in [0.1, 0.15) is 12.0 Å². The topological polar surface area (TPSA) is 78.1 Å². The van der Waals surface area contributed by atoms with Gasteiger partial charge in [0.2, 0.25) is 0 Å². The standard InChI is InChI=1S/C9H8N4O/c10-4-3-9(14)13-12-7-8-2-1-5-11-6-8/h1-2,5-7H,3H2,(H,13,14). The number of carbonyl (C=O) groups excluding carboxylic acids is 1. The van der Waals surface area contributed by atoms with Crippen molar-refractivity contribution in [3.8, 4) is 6.07 Å². The molecule has 0 saturated heterocycles. The van der Waals surface area contributed by atoms with Crippen molar-refractivity contribution >= 4 is 12.1 Å². The van der Waals surface area contributed by atoms with Crippen LogP contribution < -0.4 is 5.43 Å². The molecule has 5 nitrogen and oxygen atoms in total. The monoisotopic (exact) mass is 188 g/mol. The van der Waals surface area contributed by atoms with E-state index in [1.807, 2.05) is 0 Å². The van der Waals surface area contributed by atoms with Crippen molar-refractivity contribution in [3.05, 3.63) is 30.1 Å². The van der Waals surface area contributed by atoms with Crippen molar-refractivity contribution in [1.82, 2.24) is 10.4 Å². The van der Waals surface area contributed by atoms with Gasteiger partial charge < -0.3 is 0 Å². The van der Waals surface area contributed by atoms with Crippen LogP contribution in [-0.2, 0) is 4.79 Å². The number of nitrogens with one attached hydrogen (secondary N) is 1. The van der Waals surface area contributed by atoms with Gasteiger partial charge in [-0.25, -0.2) is 5.43 Å². The molecule has 0 aromatic carbocycles. The molecule has 0 aliphatic rings. The van der Waals surface area contributed by atoms with Gasteiger partial charge in [-0.15, -0.1) is 0 Å². The predicted octanol–water partition coefficient (Wildman–Crippen LogP) is 0.445. The van der Waals surface area contributed by atoms with Crippen LogP contribution in [0.2, 0.25) is 0 Å². The van der Waals surface area contributed by atoms with Gasteiger partial charge in [-0.2, -0.15) is 10.4 Å². The average molecular weight is 188 g/mol. The quantitative estimate of drug-likeness (QED) is 0.552. The first-order valence-corrected chi connectivity index (χ1v) is 3.92. The lowest BCUT2D eigenvalue weighted by Crippen LogP contribution is -2.16. The Morgan fingerprint density at radius 2 is 2.64 bits per heavy atom. The molecule has 0 saturated carbocycles. The second-order valence-electron chi connectivity index (χ2n) is 2.41. The zero-order chi connectivity index (χ0) is 10.2. The van der Waals surface area contributed by atoms with Crippen LogP contribution in [0, 0.1) is 11.3 Å². The van der Waals surface area contributed by atoms with Crippen LogP contribution >= 0.6 is 0 Å². The Hall–Kier alpha value is -2.22. The highest BCUT2D eigenvalue weighted by atomic mass is 16.2. The van der Waals surface area contributed by atoms with Gasteiger partial charge in [-0.05, 0) is 6.07 Å². The molecule has 0 atom stereocenters. The molecule has 1 aromatic rings. The molecule has 0 spiro atoms. The van der Waals surface area contributed by atoms with Gasteiger partial charge in [-0.3, -0.25) is 9.78 Å². The van der Waals surface area contributed by atoms with Crippen LogP contribution in [0.4, 0.5) is 0 Å². The van der Waals surface area contributed by atoms with E-state index in [2.05, 4.69) is 15.5 Å². The summed E-state index contributed by atoms with van der Waals surface area (Å²) < 4.78 is 0. The van der Waals surface area contributed by atoms with Crippen LogP contribution in [0.25, 0.3) is 0 Å². The molecular weight excluding hydrogens is 180 g/mol. The van der Waals surface area contributed by atoms with Gasteiger partial charge >= 0.3 is 0 Å². The van der Waals surface area contributed by atoms with E-state index in [-0.39, 0.29) is 6.42 Å². The molecule has 0 aliphatic carbocycles. The molecule has 0 bridgehead atoms. The van der Waals surface area contributed by atoms with Gasteiger partial charge in [0.25, 0.3) is 5.91 Å². The van der Waals surface area contributed by atoms with Crippen molar-refractivity contribution in [2.24, 2.45) is 5.10 Å². The highest BCUT2D eigenvalue weighted by Gasteiger charge is 1.94. The van der Waals surface area contributed by atoms with Gasteiger partial charge in [0, 0.05) is 18.0 Å². The Morgan fingerprint density at radius 3 is 3.29 bits per heavy atom. The molecule has 14 heavy (non-hydrogen) atoms. The Balaban J connectivity index is 2.43. The lowest BCUT2D eigenvalue weighted by Gasteiger charge is -1.92. The van der Waals surface area contributed by atoms with E-state index in [1.165, 1.54) is 6.21 Å². The van der Waals surface area contributed by atoms with Crippen LogP contribution in [-0.4, -0.2) is 17.1 Å². The van der Waals surface area contributed by atoms with E-state index >= 15 is 0 Å². The minimum atomic E-state index is -0.423. The van der Waals surface area contributed by atoms with E-state index in [1.54, 1.807) is 30.6 Å². The van der Waals surface area contributed by atoms with E-state index < -0.39 is 5.91 Å². The Morgan fingerprint density at radius 1 is 1.79 bits per heavy atom. The largest absolute Gasteiger partial charge is 0.272 e. The van der Waals surface area contributed by atoms with E-state index in [0.29, 0.717) is 0 Å². The SMILES string of the molecule is N#CCC(=O)NN=Cc1cccnc1. The van der Waals surface area contributed by atoms with Crippen molar-refractivity contribution in [3.63, 3.8) is 0 Å². The van der Waals surface area contributed by atoms with Crippen LogP contribution in [0.5, 0.6) is 0 Å². The summed E-state index contributed by atoms with van der Waals surface area (Å²) in [5.41, 5.74) is 2.99. The summed E-state index contributed by atoms with van der Waals surface area (Å²) in [6.45, 7) is 0. The number of carbonyl (C=O) groups is 1. The molecule has 1 amide bonds. The Labute approximate surface area is 81.1 Å². The van der Waals surface area contributed by atoms with E-state index in [4.69, 9.17) is 5.26 Å². The number of rotatable bonds is 3. The number of nitriles is 1. The minimum absolute atomic E-state index is 0.190. The molecule has 0 fully saturated rings. The second-order valence-corrected chi connectivity index (χ2v) is 2.41. The van der Waals surface area contributed by atoms with Crippen molar-refractivity contribution in [2.45, 2.75) is 6.42 Å². The number of hydrogen-bond acceptors (Lipinski definition) is 4. The number of hydrazone groups is 1. The molecule has 0 unspecified atom stereocenters. The minimum Gasteiger partial charge on any atom is -0.272 e. The van der Waals surface area contributed by atoms with Crippen LogP contribution in [0.3, 0.4) is 0 Å². The lowest BCUT2D eigenvalue weighted by molar-refractivity contribution is -0.120. The van der Waals surface area contributed by atoms with Gasteiger partial charge in [0.1, 0.15) is 6.42 Å². The maximum Gasteiger partial charge on any atom is 0.254 e. The number of pyridine rings is 1. The summed E-state index contributed by atoms with van der Waals surface area (Å²) in [6.07, 6.45) is 4.53. The Bertz CT molecular complexity index is 366. The summed E-state index contributed by atoms with van der Waals surface area (Å²) in [5.74, 6) is -0.423. The third-order valence-corrected chi connectivity index (χ3v) is 1.33. The first kappa shape index (κ1) is 9.86. The molecule has 1 aromatic heterocycles. The van der Waals surface area contributed by atoms with Crippen molar-refractivity contribution in [2.75, 3.05) is 0 Å². The van der Waals surface area contributed by atoms with Gasteiger partial charge in [-0.1, -0.05) is 6.07 Å². The van der Waals surface area contributed by atoms with E-state index in [0.717, 1.165) is 5.56 Å². The summed E-state index contributed by atoms with van der Waals surface area (Å²) in [4.78, 5) is 14.6. The van der Waals surface area contributed by atoms with Crippen LogP contribution in [0.15, 0.2) is 29.6 Å². The third kappa shape index (κ3) is 3.45. The molecule has 70 valence electrons. The second kappa shape index (κ2) is 5.43. The first-order chi connectivity index (χ1) is 6.83. The molecule has 1 N–H and O–H groups in total. The fourth-order valence-corrected chi connectivity index (χ4v) is 0.742. The molecule has 5 heteroatoms. The first-order valence-electron chi connectivity index (χ1n) is 3.92. The zero-order valence-electron chi connectivity index (χ0n) is 7.34. The Kier molecular flexibility index (Phi) is 3.83. The van der Waals surface area contributed by atoms with Crippen molar-refractivity contribution < 1.29 is 4.79 Å². The zero-order valence-corrected chi connectivity index (χ0v) is 7.34. The molecule has 1 rings (SSSR count). The fraction of sp³-hybridized carbons (Fsp3) is 0.111. The maximum absolute atomic E-state index is 10.8. The number of aromatic nitrogens is 1. The van der Waals surface area contributed by atoms with Crippen molar-refractivity contribution in [1.29, 1.82) is 5.26 Å². The molecule has 1 heterocycles. The smallest absolute Gasteiger partial charge is 0.254 e. The molecular formula is C9H8N4O. The number of hydrogen-bond donors (Lipinski definition) is 1. The summed E-state index contributed by atoms with van der Waals surface area (Å²) in [6, 6.07) is 5.28.